The molecule has 0 bridgehead atoms. The summed E-state index contributed by atoms with van der Waals surface area (Å²) in [6.07, 6.45) is 0.871. The van der Waals surface area contributed by atoms with E-state index < -0.39 is 0 Å². The molecule has 0 aliphatic rings. The summed E-state index contributed by atoms with van der Waals surface area (Å²) in [4.78, 5) is 13.3. The number of thioether (sulfide) groups is 1. The number of rotatable bonds is 6. The molecule has 24 heavy (non-hydrogen) atoms. The average molecular weight is 342 g/mol. The fraction of sp³-hybridized carbons (Fsp3) is 0.381. The molecular formula is C21H27NOS. The highest BCUT2D eigenvalue weighted by Crippen LogP contribution is 2.29. The van der Waals surface area contributed by atoms with Crippen LogP contribution in [0.3, 0.4) is 0 Å². The Morgan fingerprint density at radius 3 is 2.46 bits per heavy atom. The third-order valence-electron chi connectivity index (χ3n) is 3.99. The van der Waals surface area contributed by atoms with Crippen LogP contribution in [-0.2, 0) is 16.6 Å². The highest BCUT2D eigenvalue weighted by atomic mass is 32.2. The Kier molecular flexibility index (Phi) is 6.50. The molecule has 0 aliphatic heterocycles. The van der Waals surface area contributed by atoms with Crippen molar-refractivity contribution in [2.45, 2.75) is 44.4 Å². The lowest BCUT2D eigenvalue weighted by atomic mass is 9.87. The van der Waals surface area contributed by atoms with E-state index in [-0.39, 0.29) is 11.3 Å². The minimum absolute atomic E-state index is 0.0940. The third kappa shape index (κ3) is 5.72. The van der Waals surface area contributed by atoms with E-state index in [4.69, 9.17) is 0 Å². The molecule has 0 atom stereocenters. The van der Waals surface area contributed by atoms with E-state index in [1.54, 1.807) is 11.8 Å². The molecule has 0 fully saturated rings. The zero-order valence-electron chi connectivity index (χ0n) is 15.1. The molecule has 0 saturated carbocycles. The van der Waals surface area contributed by atoms with E-state index in [2.05, 4.69) is 63.3 Å². The Morgan fingerprint density at radius 1 is 1.08 bits per heavy atom. The van der Waals surface area contributed by atoms with Gasteiger partial charge in [0.1, 0.15) is 0 Å². The molecule has 0 spiro atoms. The lowest BCUT2D eigenvalue weighted by molar-refractivity contribution is -0.118. The summed E-state index contributed by atoms with van der Waals surface area (Å²) >= 11 is 1.62. The van der Waals surface area contributed by atoms with Crippen molar-refractivity contribution in [3.63, 3.8) is 0 Å². The topological polar surface area (TPSA) is 29.1 Å². The van der Waals surface area contributed by atoms with E-state index >= 15 is 0 Å². The van der Waals surface area contributed by atoms with E-state index in [9.17, 15) is 4.79 Å². The lowest BCUT2D eigenvalue weighted by Gasteiger charge is -2.20. The van der Waals surface area contributed by atoms with Crippen molar-refractivity contribution in [3.05, 3.63) is 65.2 Å². The van der Waals surface area contributed by atoms with Gasteiger partial charge in [0, 0.05) is 11.4 Å². The maximum atomic E-state index is 12.1. The first-order valence-electron chi connectivity index (χ1n) is 8.41. The van der Waals surface area contributed by atoms with Crippen LogP contribution >= 0.6 is 11.8 Å². The quantitative estimate of drug-likeness (QED) is 0.769. The molecule has 3 heteroatoms. The molecule has 0 saturated heterocycles. The minimum Gasteiger partial charge on any atom is -0.355 e. The highest BCUT2D eigenvalue weighted by Gasteiger charge is 2.15. The van der Waals surface area contributed by atoms with Crippen molar-refractivity contribution in [2.24, 2.45) is 0 Å². The van der Waals surface area contributed by atoms with Gasteiger partial charge in [0.2, 0.25) is 5.91 Å². The van der Waals surface area contributed by atoms with Gasteiger partial charge in [-0.05, 0) is 41.5 Å². The smallest absolute Gasteiger partial charge is 0.230 e. The molecule has 0 aliphatic carbocycles. The first-order chi connectivity index (χ1) is 11.4. The van der Waals surface area contributed by atoms with Crippen LogP contribution in [0, 0.1) is 6.92 Å². The average Bonchev–Trinajstić information content (AvgIpc) is 2.54. The number of benzene rings is 2. The van der Waals surface area contributed by atoms with Gasteiger partial charge in [-0.1, -0.05) is 63.2 Å². The number of carbonyl (C=O) groups is 1. The molecule has 0 aromatic heterocycles. The monoisotopic (exact) mass is 341 g/mol. The zero-order chi connectivity index (χ0) is 17.6. The zero-order valence-corrected chi connectivity index (χ0v) is 15.9. The fourth-order valence-corrected chi connectivity index (χ4v) is 3.30. The largest absolute Gasteiger partial charge is 0.355 e. The van der Waals surface area contributed by atoms with Crippen LogP contribution < -0.4 is 5.32 Å². The summed E-state index contributed by atoms with van der Waals surface area (Å²) in [5, 5.41) is 3.01. The molecule has 0 heterocycles. The van der Waals surface area contributed by atoms with E-state index in [1.807, 2.05) is 18.2 Å². The predicted molar refractivity (Wildman–Crippen MR) is 104 cm³/mol. The van der Waals surface area contributed by atoms with Crippen LogP contribution in [0.4, 0.5) is 0 Å². The molecule has 2 aromatic rings. The van der Waals surface area contributed by atoms with Gasteiger partial charge in [0.15, 0.2) is 0 Å². The van der Waals surface area contributed by atoms with Crippen molar-refractivity contribution in [2.75, 3.05) is 12.3 Å². The molecule has 128 valence electrons. The van der Waals surface area contributed by atoms with Crippen LogP contribution in [0.2, 0.25) is 0 Å². The summed E-state index contributed by atoms with van der Waals surface area (Å²) in [6, 6.07) is 16.8. The molecule has 1 N–H and O–H groups in total. The third-order valence-corrected chi connectivity index (χ3v) is 5.15. The molecule has 2 rings (SSSR count). The maximum Gasteiger partial charge on any atom is 0.230 e. The summed E-state index contributed by atoms with van der Waals surface area (Å²) < 4.78 is 0. The normalized spacial score (nSPS) is 11.3. The Bertz CT molecular complexity index is 674. The van der Waals surface area contributed by atoms with Crippen molar-refractivity contribution in [3.8, 4) is 0 Å². The van der Waals surface area contributed by atoms with Crippen LogP contribution in [0.15, 0.2) is 53.4 Å². The van der Waals surface area contributed by atoms with Gasteiger partial charge in [-0.2, -0.15) is 0 Å². The number of hydrogen-bond donors (Lipinski definition) is 1. The van der Waals surface area contributed by atoms with Gasteiger partial charge >= 0.3 is 0 Å². The maximum absolute atomic E-state index is 12.1. The number of hydrogen-bond acceptors (Lipinski definition) is 2. The molecule has 2 aromatic carbocycles. The van der Waals surface area contributed by atoms with Gasteiger partial charge in [-0.25, -0.2) is 0 Å². The van der Waals surface area contributed by atoms with Gasteiger partial charge in [0.05, 0.1) is 5.75 Å². The molecular weight excluding hydrogens is 314 g/mol. The second-order valence-electron chi connectivity index (χ2n) is 7.10. The standard InChI is InChI=1S/C21H27NOS/c1-16-10-11-18(21(2,3)4)14-19(16)24-15-20(23)22-13-12-17-8-6-5-7-9-17/h5-11,14H,12-13,15H2,1-4H3,(H,22,23). The van der Waals surface area contributed by atoms with E-state index in [1.165, 1.54) is 21.6 Å². The van der Waals surface area contributed by atoms with Gasteiger partial charge < -0.3 is 5.32 Å². The molecule has 2 nitrogen and oxygen atoms in total. The molecule has 0 radical (unpaired) electrons. The highest BCUT2D eigenvalue weighted by molar-refractivity contribution is 8.00. The Morgan fingerprint density at radius 2 is 1.79 bits per heavy atom. The summed E-state index contributed by atoms with van der Waals surface area (Å²) in [6.45, 7) is 9.42. The fourth-order valence-electron chi connectivity index (χ4n) is 2.41. The van der Waals surface area contributed by atoms with Crippen molar-refractivity contribution >= 4 is 17.7 Å². The molecule has 1 amide bonds. The van der Waals surface area contributed by atoms with Crippen molar-refractivity contribution in [1.82, 2.24) is 5.32 Å². The second-order valence-corrected chi connectivity index (χ2v) is 8.12. The van der Waals surface area contributed by atoms with E-state index in [0.717, 1.165) is 6.42 Å². The van der Waals surface area contributed by atoms with E-state index in [0.29, 0.717) is 12.3 Å². The summed E-state index contributed by atoms with van der Waals surface area (Å²) in [7, 11) is 0. The Labute approximate surface area is 150 Å². The SMILES string of the molecule is Cc1ccc(C(C)(C)C)cc1SCC(=O)NCCc1ccccc1. The number of aryl methyl sites for hydroxylation is 1. The van der Waals surface area contributed by atoms with Crippen LogP contribution in [-0.4, -0.2) is 18.2 Å². The Balaban J connectivity index is 1.83. The lowest BCUT2D eigenvalue weighted by Crippen LogP contribution is -2.27. The predicted octanol–water partition coefficient (Wildman–Crippen LogP) is 4.74. The first-order valence-corrected chi connectivity index (χ1v) is 9.39. The Hall–Kier alpha value is -1.74. The summed E-state index contributed by atoms with van der Waals surface area (Å²) in [5.74, 6) is 0.556. The van der Waals surface area contributed by atoms with Gasteiger partial charge in [-0.3, -0.25) is 4.79 Å². The number of carbonyl (C=O) groups excluding carboxylic acids is 1. The van der Waals surface area contributed by atoms with Crippen molar-refractivity contribution < 1.29 is 4.79 Å². The van der Waals surface area contributed by atoms with Crippen LogP contribution in [0.25, 0.3) is 0 Å². The molecule has 0 unspecified atom stereocenters. The van der Waals surface area contributed by atoms with Crippen LogP contribution in [0.1, 0.15) is 37.5 Å². The van der Waals surface area contributed by atoms with Crippen LogP contribution in [0.5, 0.6) is 0 Å². The summed E-state index contributed by atoms with van der Waals surface area (Å²) in [5.41, 5.74) is 3.91. The van der Waals surface area contributed by atoms with Crippen molar-refractivity contribution in [1.29, 1.82) is 0 Å². The number of amides is 1. The van der Waals surface area contributed by atoms with Gasteiger partial charge in [0.25, 0.3) is 0 Å². The first kappa shape index (κ1) is 18.6. The minimum atomic E-state index is 0.0940. The van der Waals surface area contributed by atoms with Gasteiger partial charge in [-0.15, -0.1) is 11.8 Å². The number of nitrogens with one attached hydrogen (secondary N) is 1. The second kappa shape index (κ2) is 8.39.